The molecule has 0 radical (unpaired) electrons. The Balaban J connectivity index is 2.25. The van der Waals surface area contributed by atoms with Crippen molar-refractivity contribution in [2.75, 3.05) is 17.7 Å². The molecule has 2 rings (SSSR count). The highest BCUT2D eigenvalue weighted by Gasteiger charge is 2.24. The quantitative estimate of drug-likeness (QED) is 0.398. The second-order valence-electron chi connectivity index (χ2n) is 8.21. The van der Waals surface area contributed by atoms with Gasteiger partial charge in [-0.1, -0.05) is 26.0 Å². The molecule has 2 amide bonds. The molecule has 1 heterocycles. The minimum atomic E-state index is -0.880. The molecule has 0 saturated carbocycles. The number of esters is 1. The Bertz CT molecular complexity index is 1180. The number of rotatable bonds is 8. The number of carbonyl (C=O) groups excluding carboxylic acids is 3. The normalized spacial score (nSPS) is 10.9. The Labute approximate surface area is 190 Å². The third kappa shape index (κ3) is 6.09. The van der Waals surface area contributed by atoms with Crippen LogP contribution in [0.15, 0.2) is 33.9 Å². The Morgan fingerprint density at radius 3 is 2.33 bits per heavy atom. The Morgan fingerprint density at radius 2 is 1.73 bits per heavy atom. The van der Waals surface area contributed by atoms with E-state index < -0.39 is 41.2 Å². The summed E-state index contributed by atoms with van der Waals surface area (Å²) in [7, 11) is 1.24. The topological polar surface area (TPSA) is 155 Å². The summed E-state index contributed by atoms with van der Waals surface area (Å²) in [4.78, 5) is 62.2. The number of hydrogen-bond acceptors (Lipinski definition) is 7. The summed E-state index contributed by atoms with van der Waals surface area (Å²) in [6, 6.07) is 5.50. The number of ether oxygens (including phenoxy) is 1. The maximum absolute atomic E-state index is 12.7. The van der Waals surface area contributed by atoms with E-state index in [1.807, 2.05) is 13.8 Å². The Kier molecular flexibility index (Phi) is 8.16. The molecular formula is C22H29N5O6. The fraction of sp³-hybridized carbons (Fsp3) is 0.409. The summed E-state index contributed by atoms with van der Waals surface area (Å²) in [5, 5.41) is 5.19. The molecule has 178 valence electrons. The van der Waals surface area contributed by atoms with Crippen molar-refractivity contribution in [2.24, 2.45) is 13.0 Å². The van der Waals surface area contributed by atoms with Crippen LogP contribution in [-0.4, -0.2) is 39.6 Å². The first-order valence-electron chi connectivity index (χ1n) is 10.4. The van der Waals surface area contributed by atoms with E-state index in [0.29, 0.717) is 0 Å². The first kappa shape index (κ1) is 25.4. The van der Waals surface area contributed by atoms with Crippen molar-refractivity contribution in [1.82, 2.24) is 14.5 Å². The summed E-state index contributed by atoms with van der Waals surface area (Å²) in [6.45, 7) is 6.71. The van der Waals surface area contributed by atoms with Gasteiger partial charge < -0.3 is 21.1 Å². The molecule has 1 aromatic carbocycles. The van der Waals surface area contributed by atoms with Crippen molar-refractivity contribution in [1.29, 1.82) is 0 Å². The average molecular weight is 460 g/mol. The fourth-order valence-electron chi connectivity index (χ4n) is 3.06. The number of nitrogens with one attached hydrogen (secondary N) is 2. The number of ketones is 1. The zero-order valence-corrected chi connectivity index (χ0v) is 19.3. The van der Waals surface area contributed by atoms with Crippen LogP contribution in [0.4, 0.5) is 16.3 Å². The number of nitrogens with zero attached hydrogens (tertiary/aromatic N) is 2. The van der Waals surface area contributed by atoms with Gasteiger partial charge in [-0.25, -0.2) is 14.4 Å². The number of amides is 2. The molecule has 0 unspecified atom stereocenters. The molecule has 4 N–H and O–H groups in total. The smallest absolute Gasteiger partial charge is 0.340 e. The first-order chi connectivity index (χ1) is 15.4. The SMILES string of the molecule is CC(C)Cn1c(N)c(C(=O)COC(=O)c2ccccc2NC(=O)NC(C)C)c(=O)n(C)c1=O. The minimum Gasteiger partial charge on any atom is -0.454 e. The highest BCUT2D eigenvalue weighted by Crippen LogP contribution is 2.17. The number of Topliss-reactive ketones (excluding diaryl/α,β-unsaturated/α-hetero) is 1. The van der Waals surface area contributed by atoms with E-state index in [1.165, 1.54) is 19.2 Å². The number of anilines is 2. The number of benzene rings is 1. The summed E-state index contributed by atoms with van der Waals surface area (Å²) >= 11 is 0. The molecular weight excluding hydrogens is 430 g/mol. The molecule has 0 aliphatic carbocycles. The third-order valence-corrected chi connectivity index (χ3v) is 4.56. The number of aromatic nitrogens is 2. The molecule has 0 saturated heterocycles. The van der Waals surface area contributed by atoms with Crippen LogP contribution < -0.4 is 27.6 Å². The summed E-state index contributed by atoms with van der Waals surface area (Å²) in [5.41, 5.74) is 4.25. The molecule has 0 fully saturated rings. The lowest BCUT2D eigenvalue weighted by atomic mass is 10.1. The van der Waals surface area contributed by atoms with E-state index in [2.05, 4.69) is 10.6 Å². The number of hydrogen-bond donors (Lipinski definition) is 3. The van der Waals surface area contributed by atoms with Crippen LogP contribution in [0, 0.1) is 5.92 Å². The predicted molar refractivity (Wildman–Crippen MR) is 124 cm³/mol. The van der Waals surface area contributed by atoms with E-state index >= 15 is 0 Å². The van der Waals surface area contributed by atoms with Crippen LogP contribution in [-0.2, 0) is 18.3 Å². The van der Waals surface area contributed by atoms with Gasteiger partial charge in [0.2, 0.25) is 5.78 Å². The second-order valence-corrected chi connectivity index (χ2v) is 8.21. The molecule has 0 atom stereocenters. The van der Waals surface area contributed by atoms with Gasteiger partial charge >= 0.3 is 17.7 Å². The highest BCUT2D eigenvalue weighted by molar-refractivity contribution is 6.04. The first-order valence-corrected chi connectivity index (χ1v) is 10.4. The van der Waals surface area contributed by atoms with Gasteiger partial charge in [-0.3, -0.25) is 18.7 Å². The Hall–Kier alpha value is -3.89. The molecule has 2 aromatic rings. The number of carbonyl (C=O) groups is 3. The van der Waals surface area contributed by atoms with Crippen molar-refractivity contribution < 1.29 is 19.1 Å². The summed E-state index contributed by atoms with van der Waals surface area (Å²) in [6.07, 6.45) is 0. The lowest BCUT2D eigenvalue weighted by Gasteiger charge is -2.16. The van der Waals surface area contributed by atoms with Crippen molar-refractivity contribution >= 4 is 29.3 Å². The van der Waals surface area contributed by atoms with Gasteiger partial charge in [-0.05, 0) is 31.9 Å². The number of para-hydroxylation sites is 1. The van der Waals surface area contributed by atoms with Crippen LogP contribution in [0.5, 0.6) is 0 Å². The van der Waals surface area contributed by atoms with Crippen molar-refractivity contribution in [2.45, 2.75) is 40.3 Å². The van der Waals surface area contributed by atoms with Gasteiger partial charge in [-0.2, -0.15) is 0 Å². The Morgan fingerprint density at radius 1 is 1.09 bits per heavy atom. The lowest BCUT2D eigenvalue weighted by molar-refractivity contribution is 0.0475. The van der Waals surface area contributed by atoms with Gasteiger partial charge in [0.05, 0.1) is 11.3 Å². The molecule has 11 nitrogen and oxygen atoms in total. The van der Waals surface area contributed by atoms with E-state index in [4.69, 9.17) is 10.5 Å². The van der Waals surface area contributed by atoms with E-state index in [1.54, 1.807) is 26.0 Å². The highest BCUT2D eigenvalue weighted by atomic mass is 16.5. The zero-order valence-electron chi connectivity index (χ0n) is 19.3. The minimum absolute atomic E-state index is 0.0230. The third-order valence-electron chi connectivity index (χ3n) is 4.56. The van der Waals surface area contributed by atoms with Crippen molar-refractivity contribution in [3.8, 4) is 0 Å². The number of urea groups is 1. The molecule has 0 spiro atoms. The predicted octanol–water partition coefficient (Wildman–Crippen LogP) is 1.35. The fourth-order valence-corrected chi connectivity index (χ4v) is 3.06. The van der Waals surface area contributed by atoms with E-state index in [9.17, 15) is 24.0 Å². The largest absolute Gasteiger partial charge is 0.454 e. The standard InChI is InChI=1S/C22H29N5O6/c1-12(2)10-27-18(23)17(19(29)26(5)22(27)32)16(28)11-33-20(30)14-8-6-7-9-15(14)25-21(31)24-13(3)4/h6-9,12-13H,10-11,23H2,1-5H3,(H2,24,25,31). The molecule has 0 aliphatic rings. The van der Waals surface area contributed by atoms with E-state index in [-0.39, 0.29) is 35.6 Å². The summed E-state index contributed by atoms with van der Waals surface area (Å²) in [5.74, 6) is -1.97. The monoisotopic (exact) mass is 459 g/mol. The van der Waals surface area contributed by atoms with Gasteiger partial charge in [0.25, 0.3) is 5.56 Å². The van der Waals surface area contributed by atoms with Gasteiger partial charge in [-0.15, -0.1) is 0 Å². The van der Waals surface area contributed by atoms with Crippen LogP contribution in [0.3, 0.4) is 0 Å². The van der Waals surface area contributed by atoms with Gasteiger partial charge in [0, 0.05) is 19.6 Å². The zero-order chi connectivity index (χ0) is 24.9. The second kappa shape index (κ2) is 10.6. The van der Waals surface area contributed by atoms with Crippen LogP contribution in [0.25, 0.3) is 0 Å². The maximum atomic E-state index is 12.7. The number of nitrogen functional groups attached to an aromatic ring is 1. The van der Waals surface area contributed by atoms with E-state index in [0.717, 1.165) is 9.13 Å². The maximum Gasteiger partial charge on any atom is 0.340 e. The average Bonchev–Trinajstić information content (AvgIpc) is 2.73. The number of nitrogens with two attached hydrogens (primary N) is 1. The van der Waals surface area contributed by atoms with Crippen LogP contribution >= 0.6 is 0 Å². The van der Waals surface area contributed by atoms with Crippen molar-refractivity contribution in [3.63, 3.8) is 0 Å². The van der Waals surface area contributed by atoms with Crippen LogP contribution in [0.2, 0.25) is 0 Å². The van der Waals surface area contributed by atoms with Gasteiger partial charge in [0.15, 0.2) is 6.61 Å². The molecule has 0 aliphatic heterocycles. The molecule has 0 bridgehead atoms. The summed E-state index contributed by atoms with van der Waals surface area (Å²) < 4.78 is 7.04. The van der Waals surface area contributed by atoms with Crippen molar-refractivity contribution in [3.05, 3.63) is 56.2 Å². The lowest BCUT2D eigenvalue weighted by Crippen LogP contribution is -2.43. The van der Waals surface area contributed by atoms with Gasteiger partial charge in [0.1, 0.15) is 11.4 Å². The molecule has 33 heavy (non-hydrogen) atoms. The molecule has 11 heteroatoms. The molecule has 1 aromatic heterocycles. The van der Waals surface area contributed by atoms with Crippen LogP contribution in [0.1, 0.15) is 48.4 Å².